The SMILES string of the molecule is CC(C)(C)Cc1ccc2c(ccc3occ(C4CCC(=O)NC4=O)c32)c1. The Bertz CT molecular complexity index is 1020. The van der Waals surface area contributed by atoms with Crippen LogP contribution in [0.4, 0.5) is 0 Å². The quantitative estimate of drug-likeness (QED) is 0.683. The number of amides is 2. The molecule has 4 rings (SSSR count). The van der Waals surface area contributed by atoms with Crippen LogP contribution in [0.25, 0.3) is 21.7 Å². The van der Waals surface area contributed by atoms with Gasteiger partial charge in [0.05, 0.1) is 12.2 Å². The predicted molar refractivity (Wildman–Crippen MR) is 102 cm³/mol. The van der Waals surface area contributed by atoms with Gasteiger partial charge in [-0.05, 0) is 40.7 Å². The van der Waals surface area contributed by atoms with Crippen molar-refractivity contribution in [2.75, 3.05) is 0 Å². The fourth-order valence-corrected chi connectivity index (χ4v) is 3.91. The van der Waals surface area contributed by atoms with E-state index in [4.69, 9.17) is 4.42 Å². The van der Waals surface area contributed by atoms with Crippen LogP contribution in [0.5, 0.6) is 0 Å². The molecular formula is C22H23NO3. The van der Waals surface area contributed by atoms with Crippen LogP contribution < -0.4 is 5.32 Å². The Morgan fingerprint density at radius 3 is 2.69 bits per heavy atom. The van der Waals surface area contributed by atoms with E-state index in [0.717, 1.165) is 33.7 Å². The van der Waals surface area contributed by atoms with Gasteiger partial charge in [-0.3, -0.25) is 14.9 Å². The molecule has 3 aromatic rings. The molecule has 4 heteroatoms. The van der Waals surface area contributed by atoms with Crippen LogP contribution in [0.15, 0.2) is 41.0 Å². The lowest BCUT2D eigenvalue weighted by molar-refractivity contribution is -0.134. The summed E-state index contributed by atoms with van der Waals surface area (Å²) in [5.41, 5.74) is 3.18. The largest absolute Gasteiger partial charge is 0.464 e. The minimum atomic E-state index is -0.339. The molecule has 1 unspecified atom stereocenters. The third-order valence-electron chi connectivity index (χ3n) is 5.00. The van der Waals surface area contributed by atoms with E-state index in [-0.39, 0.29) is 23.1 Å². The van der Waals surface area contributed by atoms with Crippen molar-refractivity contribution in [3.05, 3.63) is 47.7 Å². The summed E-state index contributed by atoms with van der Waals surface area (Å²) in [7, 11) is 0. The fourth-order valence-electron chi connectivity index (χ4n) is 3.91. The van der Waals surface area contributed by atoms with Crippen LogP contribution in [0.3, 0.4) is 0 Å². The highest BCUT2D eigenvalue weighted by Crippen LogP contribution is 2.37. The zero-order chi connectivity index (χ0) is 18.5. The van der Waals surface area contributed by atoms with E-state index in [9.17, 15) is 9.59 Å². The lowest BCUT2D eigenvalue weighted by Gasteiger charge is -2.20. The predicted octanol–water partition coefficient (Wildman–Crippen LogP) is 4.69. The van der Waals surface area contributed by atoms with E-state index in [1.165, 1.54) is 5.56 Å². The number of fused-ring (bicyclic) bond motifs is 3. The van der Waals surface area contributed by atoms with E-state index in [1.807, 2.05) is 6.07 Å². The van der Waals surface area contributed by atoms with E-state index < -0.39 is 0 Å². The van der Waals surface area contributed by atoms with Gasteiger partial charge >= 0.3 is 0 Å². The minimum Gasteiger partial charge on any atom is -0.464 e. The molecule has 2 aromatic carbocycles. The molecule has 4 nitrogen and oxygen atoms in total. The maximum Gasteiger partial charge on any atom is 0.234 e. The Morgan fingerprint density at radius 1 is 1.15 bits per heavy atom. The molecule has 134 valence electrons. The van der Waals surface area contributed by atoms with E-state index in [1.54, 1.807) is 6.26 Å². The third kappa shape index (κ3) is 3.00. The fraction of sp³-hybridized carbons (Fsp3) is 0.364. The third-order valence-corrected chi connectivity index (χ3v) is 5.00. The molecule has 1 N–H and O–H groups in total. The zero-order valence-electron chi connectivity index (χ0n) is 15.4. The van der Waals surface area contributed by atoms with Crippen molar-refractivity contribution in [1.82, 2.24) is 5.32 Å². The smallest absolute Gasteiger partial charge is 0.234 e. The number of carbonyl (C=O) groups excluding carboxylic acids is 2. The van der Waals surface area contributed by atoms with Crippen molar-refractivity contribution < 1.29 is 14.0 Å². The van der Waals surface area contributed by atoms with E-state index in [2.05, 4.69) is 50.4 Å². The molecule has 0 bridgehead atoms. The maximum atomic E-state index is 12.3. The first-order valence-corrected chi connectivity index (χ1v) is 9.08. The summed E-state index contributed by atoms with van der Waals surface area (Å²) >= 11 is 0. The average Bonchev–Trinajstić information content (AvgIpc) is 2.97. The van der Waals surface area contributed by atoms with Crippen molar-refractivity contribution in [2.45, 2.75) is 46.0 Å². The number of imide groups is 1. The summed E-state index contributed by atoms with van der Waals surface area (Å²) < 4.78 is 5.73. The first-order chi connectivity index (χ1) is 12.3. The molecule has 1 aromatic heterocycles. The Morgan fingerprint density at radius 2 is 1.96 bits per heavy atom. The second kappa shape index (κ2) is 5.97. The lowest BCUT2D eigenvalue weighted by atomic mass is 9.86. The minimum absolute atomic E-state index is 0.198. The average molecular weight is 349 g/mol. The molecule has 0 saturated carbocycles. The van der Waals surface area contributed by atoms with Crippen LogP contribution in [0.1, 0.15) is 50.7 Å². The van der Waals surface area contributed by atoms with Gasteiger partial charge in [0, 0.05) is 17.4 Å². The van der Waals surface area contributed by atoms with Crippen LogP contribution in [0.2, 0.25) is 0 Å². The highest BCUT2D eigenvalue weighted by atomic mass is 16.3. The van der Waals surface area contributed by atoms with Crippen molar-refractivity contribution in [1.29, 1.82) is 0 Å². The molecule has 2 amide bonds. The summed E-state index contributed by atoms with van der Waals surface area (Å²) in [6.45, 7) is 6.70. The lowest BCUT2D eigenvalue weighted by Crippen LogP contribution is -2.39. The van der Waals surface area contributed by atoms with Gasteiger partial charge in [0.2, 0.25) is 11.8 Å². The van der Waals surface area contributed by atoms with Crippen molar-refractivity contribution in [3.63, 3.8) is 0 Å². The number of carbonyl (C=O) groups is 2. The van der Waals surface area contributed by atoms with Gasteiger partial charge in [0.25, 0.3) is 0 Å². The second-order valence-corrected chi connectivity index (χ2v) is 8.43. The molecule has 2 heterocycles. The van der Waals surface area contributed by atoms with Crippen LogP contribution in [-0.4, -0.2) is 11.8 Å². The molecule has 26 heavy (non-hydrogen) atoms. The Balaban J connectivity index is 1.83. The van der Waals surface area contributed by atoms with Gasteiger partial charge in [-0.2, -0.15) is 0 Å². The molecule has 1 fully saturated rings. The van der Waals surface area contributed by atoms with Gasteiger partial charge in [-0.1, -0.05) is 45.0 Å². The summed E-state index contributed by atoms with van der Waals surface area (Å²) in [5.74, 6) is -0.769. The Labute approximate surface area is 152 Å². The Kier molecular flexibility index (Phi) is 3.87. The number of hydrogen-bond acceptors (Lipinski definition) is 3. The number of rotatable bonds is 2. The van der Waals surface area contributed by atoms with Crippen molar-refractivity contribution in [2.24, 2.45) is 5.41 Å². The molecule has 0 spiro atoms. The van der Waals surface area contributed by atoms with Gasteiger partial charge in [-0.15, -0.1) is 0 Å². The van der Waals surface area contributed by atoms with Gasteiger partial charge in [0.1, 0.15) is 5.58 Å². The molecule has 0 aliphatic carbocycles. The topological polar surface area (TPSA) is 59.3 Å². The van der Waals surface area contributed by atoms with Gasteiger partial charge in [-0.25, -0.2) is 0 Å². The number of nitrogens with one attached hydrogen (secondary N) is 1. The number of hydrogen-bond donors (Lipinski definition) is 1. The van der Waals surface area contributed by atoms with Crippen LogP contribution in [-0.2, 0) is 16.0 Å². The number of furan rings is 1. The summed E-state index contributed by atoms with van der Waals surface area (Å²) in [6.07, 6.45) is 3.57. The van der Waals surface area contributed by atoms with Crippen LogP contribution >= 0.6 is 0 Å². The van der Waals surface area contributed by atoms with E-state index in [0.29, 0.717) is 12.8 Å². The molecule has 1 atom stereocenters. The maximum absolute atomic E-state index is 12.3. The van der Waals surface area contributed by atoms with Gasteiger partial charge < -0.3 is 4.42 Å². The van der Waals surface area contributed by atoms with E-state index >= 15 is 0 Å². The molecular weight excluding hydrogens is 326 g/mol. The second-order valence-electron chi connectivity index (χ2n) is 8.43. The zero-order valence-corrected chi connectivity index (χ0v) is 15.4. The molecule has 0 radical (unpaired) electrons. The first kappa shape index (κ1) is 16.8. The van der Waals surface area contributed by atoms with Crippen molar-refractivity contribution in [3.8, 4) is 0 Å². The summed E-state index contributed by atoms with van der Waals surface area (Å²) in [4.78, 5) is 23.8. The highest BCUT2D eigenvalue weighted by Gasteiger charge is 2.31. The first-order valence-electron chi connectivity index (χ1n) is 9.08. The number of benzene rings is 2. The standard InChI is InChI=1S/C22H23NO3/c1-22(2,3)11-13-4-6-15-14(10-13)5-8-18-20(15)17(12-26-18)16-7-9-19(24)23-21(16)25/h4-6,8,10,12,16H,7,9,11H2,1-3H3,(H,23,24,25). The molecule has 1 aliphatic rings. The Hall–Kier alpha value is -2.62. The molecule has 1 aliphatic heterocycles. The normalized spacial score (nSPS) is 18.5. The number of piperidine rings is 1. The highest BCUT2D eigenvalue weighted by molar-refractivity contribution is 6.10. The monoisotopic (exact) mass is 349 g/mol. The molecule has 1 saturated heterocycles. The summed E-state index contributed by atoms with van der Waals surface area (Å²) in [6, 6.07) is 10.6. The van der Waals surface area contributed by atoms with Crippen molar-refractivity contribution >= 4 is 33.6 Å². The van der Waals surface area contributed by atoms with Gasteiger partial charge in [0.15, 0.2) is 0 Å². The van der Waals surface area contributed by atoms with Crippen LogP contribution in [0, 0.1) is 5.41 Å². The summed E-state index contributed by atoms with van der Waals surface area (Å²) in [5, 5.41) is 5.67.